The number of anilines is 2. The van der Waals surface area contributed by atoms with E-state index in [2.05, 4.69) is 30.5 Å². The lowest BCUT2D eigenvalue weighted by Crippen LogP contribution is -2.33. The van der Waals surface area contributed by atoms with Crippen molar-refractivity contribution in [2.24, 2.45) is 0 Å². The smallest absolute Gasteiger partial charge is 0.475 e. The van der Waals surface area contributed by atoms with Crippen LogP contribution in [0.15, 0.2) is 24.5 Å². The average molecular weight is 589 g/mol. The van der Waals surface area contributed by atoms with Crippen molar-refractivity contribution in [1.29, 1.82) is 0 Å². The maximum absolute atomic E-state index is 13.7. The first-order valence-electron chi connectivity index (χ1n) is 13.8. The molecule has 0 aromatic carbocycles. The minimum absolute atomic E-state index is 0.164. The van der Waals surface area contributed by atoms with Gasteiger partial charge in [0.2, 0.25) is 5.95 Å². The summed E-state index contributed by atoms with van der Waals surface area (Å²) in [5.74, 6) is -1.71. The van der Waals surface area contributed by atoms with Crippen LogP contribution in [0.4, 0.5) is 33.7 Å². The number of aliphatic hydroxyl groups is 1. The van der Waals surface area contributed by atoms with Crippen LogP contribution in [0.25, 0.3) is 11.3 Å². The van der Waals surface area contributed by atoms with Crippen molar-refractivity contribution >= 4 is 17.7 Å². The number of aliphatic hydroxyl groups excluding tert-OH is 1. The Kier molecular flexibility index (Phi) is 12.0. The van der Waals surface area contributed by atoms with Gasteiger partial charge in [-0.3, -0.25) is 9.88 Å². The molecule has 4 rings (SSSR count). The van der Waals surface area contributed by atoms with E-state index < -0.39 is 24.5 Å². The molecular formula is C27H37F5N6O3. The summed E-state index contributed by atoms with van der Waals surface area (Å²) < 4.78 is 58.8. The lowest BCUT2D eigenvalue weighted by Gasteiger charge is -2.28. The molecule has 9 nitrogen and oxygen atoms in total. The molecule has 1 saturated heterocycles. The highest BCUT2D eigenvalue weighted by Gasteiger charge is 2.38. The number of hydrogen-bond acceptors (Lipinski definition) is 8. The van der Waals surface area contributed by atoms with Crippen molar-refractivity contribution in [3.05, 3.63) is 30.1 Å². The number of carbonyl (C=O) groups is 1. The summed E-state index contributed by atoms with van der Waals surface area (Å²) in [4.78, 5) is 24.9. The van der Waals surface area contributed by atoms with Crippen molar-refractivity contribution in [3.8, 4) is 11.3 Å². The predicted molar refractivity (Wildman–Crippen MR) is 144 cm³/mol. The summed E-state index contributed by atoms with van der Waals surface area (Å²) in [7, 11) is 0. The van der Waals surface area contributed by atoms with Crippen molar-refractivity contribution in [1.82, 2.24) is 19.9 Å². The number of piperidine rings is 1. The van der Waals surface area contributed by atoms with Gasteiger partial charge in [0.05, 0.1) is 17.4 Å². The lowest BCUT2D eigenvalue weighted by atomic mass is 9.93. The number of aromatic nitrogens is 3. The van der Waals surface area contributed by atoms with Crippen molar-refractivity contribution in [2.75, 3.05) is 30.3 Å². The second kappa shape index (κ2) is 15.2. The largest absolute Gasteiger partial charge is 0.490 e. The molecule has 0 amide bonds. The van der Waals surface area contributed by atoms with Gasteiger partial charge in [0, 0.05) is 44.6 Å². The van der Waals surface area contributed by atoms with E-state index in [1.807, 2.05) is 18.3 Å². The molecule has 41 heavy (non-hydrogen) atoms. The van der Waals surface area contributed by atoms with E-state index in [-0.39, 0.29) is 18.7 Å². The fraction of sp³-hybridized carbons (Fsp3) is 0.630. The number of pyridine rings is 1. The quantitative estimate of drug-likeness (QED) is 0.300. The summed E-state index contributed by atoms with van der Waals surface area (Å²) in [5, 5.41) is 23.5. The molecule has 1 aliphatic carbocycles. The first kappa shape index (κ1) is 32.4. The van der Waals surface area contributed by atoms with E-state index in [4.69, 9.17) is 9.90 Å². The molecule has 2 aromatic rings. The summed E-state index contributed by atoms with van der Waals surface area (Å²) in [6, 6.07) is 4.21. The van der Waals surface area contributed by atoms with E-state index in [0.717, 1.165) is 62.1 Å². The molecule has 2 fully saturated rings. The second-order valence-corrected chi connectivity index (χ2v) is 10.3. The van der Waals surface area contributed by atoms with E-state index in [1.165, 1.54) is 0 Å². The van der Waals surface area contributed by atoms with Gasteiger partial charge < -0.3 is 20.8 Å². The van der Waals surface area contributed by atoms with Crippen LogP contribution in [-0.4, -0.2) is 86.3 Å². The fourth-order valence-electron chi connectivity index (χ4n) is 4.52. The first-order valence-corrected chi connectivity index (χ1v) is 13.8. The molecule has 2 aliphatic rings. The van der Waals surface area contributed by atoms with Gasteiger partial charge in [-0.15, -0.1) is 0 Å². The zero-order valence-electron chi connectivity index (χ0n) is 22.9. The summed E-state index contributed by atoms with van der Waals surface area (Å²) in [6.45, 7) is 4.27. The highest BCUT2D eigenvalue weighted by atomic mass is 19.4. The number of alkyl halides is 5. The number of nitrogens with one attached hydrogen (secondary N) is 2. The molecule has 0 bridgehead atoms. The normalized spacial score (nSPS) is 21.0. The summed E-state index contributed by atoms with van der Waals surface area (Å²) in [6.07, 6.45) is 1.50. The van der Waals surface area contributed by atoms with Gasteiger partial charge in [0.25, 0.3) is 0 Å². The number of halogens is 5. The lowest BCUT2D eigenvalue weighted by molar-refractivity contribution is -0.192. The Labute approximate surface area is 235 Å². The monoisotopic (exact) mass is 588 g/mol. The van der Waals surface area contributed by atoms with E-state index in [0.29, 0.717) is 31.0 Å². The van der Waals surface area contributed by atoms with Crippen LogP contribution in [0.2, 0.25) is 0 Å². The molecule has 14 heteroatoms. The zero-order chi connectivity index (χ0) is 30.0. The average Bonchev–Trinajstić information content (AvgIpc) is 2.94. The minimum atomic E-state index is -5.08. The third-order valence-electron chi connectivity index (χ3n) is 7.02. The van der Waals surface area contributed by atoms with Gasteiger partial charge in [-0.1, -0.05) is 13.0 Å². The summed E-state index contributed by atoms with van der Waals surface area (Å²) >= 11 is 0. The maximum Gasteiger partial charge on any atom is 0.490 e. The van der Waals surface area contributed by atoms with Gasteiger partial charge in [0.1, 0.15) is 18.2 Å². The highest BCUT2D eigenvalue weighted by molar-refractivity contribution is 5.73. The maximum atomic E-state index is 13.7. The molecule has 0 radical (unpaired) electrons. The fourth-order valence-corrected chi connectivity index (χ4v) is 4.52. The molecule has 228 valence electrons. The van der Waals surface area contributed by atoms with E-state index in [1.54, 1.807) is 13.1 Å². The van der Waals surface area contributed by atoms with Crippen LogP contribution in [-0.2, 0) is 11.3 Å². The van der Waals surface area contributed by atoms with E-state index >= 15 is 0 Å². The van der Waals surface area contributed by atoms with Gasteiger partial charge in [-0.2, -0.15) is 18.2 Å². The first-order chi connectivity index (χ1) is 19.4. The van der Waals surface area contributed by atoms with Crippen LogP contribution in [0, 0.1) is 0 Å². The molecule has 1 atom stereocenters. The molecule has 1 aliphatic heterocycles. The number of carboxylic acid groups (broad SMARTS) is 1. The SMILES string of the molecule is CC[C@H](F)CNc1ncc(-c2ccc(CN3CCC(F)CC3)cn2)c(NC2CCC(O)CC2)n1.O=C(O)C(F)(F)F. The van der Waals surface area contributed by atoms with Crippen molar-refractivity contribution < 1.29 is 37.0 Å². The Morgan fingerprint density at radius 3 is 2.32 bits per heavy atom. The Morgan fingerprint density at radius 2 is 1.76 bits per heavy atom. The van der Waals surface area contributed by atoms with Gasteiger partial charge in [0.15, 0.2) is 0 Å². The number of likely N-dealkylation sites (tertiary alicyclic amines) is 1. The number of nitrogens with zero attached hydrogens (tertiary/aromatic N) is 4. The van der Waals surface area contributed by atoms with Crippen LogP contribution in [0.5, 0.6) is 0 Å². The van der Waals surface area contributed by atoms with Gasteiger partial charge in [-0.25, -0.2) is 18.6 Å². The predicted octanol–water partition coefficient (Wildman–Crippen LogP) is 4.98. The summed E-state index contributed by atoms with van der Waals surface area (Å²) in [5.41, 5.74) is 2.63. The van der Waals surface area contributed by atoms with Crippen molar-refractivity contribution in [2.45, 2.75) is 89.1 Å². The van der Waals surface area contributed by atoms with Gasteiger partial charge >= 0.3 is 12.1 Å². The number of carboxylic acids is 1. The molecular weight excluding hydrogens is 551 g/mol. The Hall–Kier alpha value is -3.13. The Balaban J connectivity index is 0.000000587. The number of rotatable bonds is 9. The molecule has 3 heterocycles. The minimum Gasteiger partial charge on any atom is -0.475 e. The topological polar surface area (TPSA) is 124 Å². The number of aliphatic carboxylic acids is 1. The second-order valence-electron chi connectivity index (χ2n) is 10.3. The van der Waals surface area contributed by atoms with Crippen LogP contribution < -0.4 is 10.6 Å². The molecule has 0 unspecified atom stereocenters. The van der Waals surface area contributed by atoms with Crippen LogP contribution >= 0.6 is 0 Å². The van der Waals surface area contributed by atoms with Gasteiger partial charge in [-0.05, 0) is 56.6 Å². The standard InChI is InChI=1S/C25H36F2N6O.C2HF3O2/c1-2-18(26)14-29-25-30-15-22(24(32-25)31-20-4-6-21(34)7-5-20)23-8-3-17(13-28-23)16-33-11-9-19(27)10-12-33;3-2(4,5)1(6)7/h3,8,13,15,18-21,34H,2,4-7,9-12,14,16H2,1H3,(H2,29,30,31,32);(H,6,7)/t18-,20?,21?;/m0./s1. The van der Waals surface area contributed by atoms with Crippen molar-refractivity contribution in [3.63, 3.8) is 0 Å². The molecule has 4 N–H and O–H groups in total. The van der Waals surface area contributed by atoms with Crippen LogP contribution in [0.1, 0.15) is 57.4 Å². The van der Waals surface area contributed by atoms with Crippen LogP contribution in [0.3, 0.4) is 0 Å². The van der Waals surface area contributed by atoms with E-state index in [9.17, 15) is 27.1 Å². The third kappa shape index (κ3) is 10.7. The zero-order valence-corrected chi connectivity index (χ0v) is 22.9. The molecule has 0 spiro atoms. The molecule has 2 aromatic heterocycles. The number of hydrogen-bond donors (Lipinski definition) is 4. The molecule has 1 saturated carbocycles. The third-order valence-corrected chi connectivity index (χ3v) is 7.02. The highest BCUT2D eigenvalue weighted by Crippen LogP contribution is 2.29. The Bertz CT molecular complexity index is 1090. The Morgan fingerprint density at radius 1 is 1.10 bits per heavy atom.